The molecule has 0 N–H and O–H groups in total. The molecule has 0 aliphatic rings. The van der Waals surface area contributed by atoms with E-state index in [0.29, 0.717) is 4.71 Å². The molecule has 0 bridgehead atoms. The zero-order valence-corrected chi connectivity index (χ0v) is 5.69. The summed E-state index contributed by atoms with van der Waals surface area (Å²) < 4.78 is 5.27. The summed E-state index contributed by atoms with van der Waals surface area (Å²) in [6.07, 6.45) is 1.56. The van der Waals surface area contributed by atoms with Gasteiger partial charge in [-0.15, -0.1) is 0 Å². The van der Waals surface area contributed by atoms with Gasteiger partial charge in [0, 0.05) is 17.1 Å². The molecule has 0 saturated heterocycles. The van der Waals surface area contributed by atoms with Crippen LogP contribution in [0.25, 0.3) is 0 Å². The van der Waals surface area contributed by atoms with Crippen LogP contribution in [0.3, 0.4) is 0 Å². The molecule has 1 aromatic rings. The molecule has 0 aliphatic carbocycles. The zero-order chi connectivity index (χ0) is 5.11. The Morgan fingerprint density at radius 3 is 2.38 bits per heavy atom. The van der Waals surface area contributed by atoms with E-state index in [1.807, 2.05) is 6.07 Å². The molecular formula is C5H4CuOS. The molecule has 0 aliphatic heterocycles. The van der Waals surface area contributed by atoms with Gasteiger partial charge in [-0.3, -0.25) is 0 Å². The Morgan fingerprint density at radius 2 is 2.12 bits per heavy atom. The molecule has 0 unspecified atom stereocenters. The Bertz CT molecular complexity index is 178. The molecule has 0 aromatic carbocycles. The minimum Gasteiger partial charge on any atom is -0.454 e. The van der Waals surface area contributed by atoms with Crippen molar-refractivity contribution < 1.29 is 21.5 Å². The van der Waals surface area contributed by atoms with Crippen molar-refractivity contribution in [2.24, 2.45) is 0 Å². The molecule has 47 valence electrons. The van der Waals surface area contributed by atoms with Crippen LogP contribution < -0.4 is 0 Å². The largest absolute Gasteiger partial charge is 0.454 e. The second kappa shape index (κ2) is 3.84. The number of rotatable bonds is 0. The first-order chi connectivity index (χ1) is 3.39. The molecule has 0 saturated carbocycles. The molecule has 1 heterocycles. The topological polar surface area (TPSA) is 13.1 Å². The van der Waals surface area contributed by atoms with Gasteiger partial charge in [0.1, 0.15) is 0 Å². The van der Waals surface area contributed by atoms with Gasteiger partial charge < -0.3 is 4.42 Å². The van der Waals surface area contributed by atoms with Gasteiger partial charge in [0.25, 0.3) is 0 Å². The van der Waals surface area contributed by atoms with Crippen LogP contribution in [-0.4, -0.2) is 0 Å². The van der Waals surface area contributed by atoms with Crippen LogP contribution in [-0.2, 0) is 17.1 Å². The van der Waals surface area contributed by atoms with Crippen molar-refractivity contribution in [3.63, 3.8) is 0 Å². The third-order valence-corrected chi connectivity index (χ3v) is 0.838. The molecule has 0 fully saturated rings. The molecule has 0 amide bonds. The van der Waals surface area contributed by atoms with E-state index in [-0.39, 0.29) is 17.1 Å². The predicted molar refractivity (Wildman–Crippen MR) is 29.5 cm³/mol. The van der Waals surface area contributed by atoms with Crippen molar-refractivity contribution in [3.8, 4) is 0 Å². The van der Waals surface area contributed by atoms with Crippen LogP contribution in [0.2, 0.25) is 0 Å². The fourth-order valence-corrected chi connectivity index (χ4v) is 0.459. The second-order valence-electron chi connectivity index (χ2n) is 1.12. The Morgan fingerprint density at radius 1 is 1.38 bits per heavy atom. The Kier molecular flexibility index (Phi) is 3.79. The summed E-state index contributed by atoms with van der Waals surface area (Å²) in [5, 5.41) is 0. The number of hydrogen-bond donors (Lipinski definition) is 0. The normalized spacial score (nSPS) is 7.50. The summed E-state index contributed by atoms with van der Waals surface area (Å²) in [7, 11) is 0. The van der Waals surface area contributed by atoms with Gasteiger partial charge in [-0.2, -0.15) is 0 Å². The average molecular weight is 176 g/mol. The first-order valence-corrected chi connectivity index (χ1v) is 2.34. The van der Waals surface area contributed by atoms with Gasteiger partial charge in [-0.1, -0.05) is 6.07 Å². The van der Waals surface area contributed by atoms with Gasteiger partial charge in [0.2, 0.25) is 0 Å². The summed E-state index contributed by atoms with van der Waals surface area (Å²) >= 11 is 4.65. The van der Waals surface area contributed by atoms with Crippen LogP contribution in [0.5, 0.6) is 0 Å². The van der Waals surface area contributed by atoms with E-state index in [1.54, 1.807) is 18.4 Å². The van der Waals surface area contributed by atoms with E-state index in [1.165, 1.54) is 0 Å². The standard InChI is InChI=1S/C5H4OS.Cu/c7-5-3-1-2-4-6-5;/h1-4H;. The minimum absolute atomic E-state index is 0. The fourth-order valence-electron chi connectivity index (χ4n) is 0.325. The molecule has 1 radical (unpaired) electrons. The smallest absolute Gasteiger partial charge is 0.189 e. The van der Waals surface area contributed by atoms with Crippen molar-refractivity contribution in [1.29, 1.82) is 0 Å². The van der Waals surface area contributed by atoms with Gasteiger partial charge in [-0.05, 0) is 24.4 Å². The van der Waals surface area contributed by atoms with E-state index in [9.17, 15) is 0 Å². The molecule has 0 atom stereocenters. The van der Waals surface area contributed by atoms with Crippen molar-refractivity contribution in [2.45, 2.75) is 0 Å². The molecule has 1 aromatic heterocycles. The van der Waals surface area contributed by atoms with Crippen LogP contribution >= 0.6 is 12.2 Å². The summed E-state index contributed by atoms with van der Waals surface area (Å²) in [5.41, 5.74) is 0. The molecule has 1 nitrogen and oxygen atoms in total. The summed E-state index contributed by atoms with van der Waals surface area (Å²) in [6.45, 7) is 0. The maximum absolute atomic E-state index is 4.74. The van der Waals surface area contributed by atoms with E-state index >= 15 is 0 Å². The molecular weight excluding hydrogens is 172 g/mol. The van der Waals surface area contributed by atoms with E-state index < -0.39 is 0 Å². The van der Waals surface area contributed by atoms with Gasteiger partial charge in [-0.25, -0.2) is 0 Å². The van der Waals surface area contributed by atoms with Crippen LogP contribution in [0.1, 0.15) is 0 Å². The van der Waals surface area contributed by atoms with Crippen molar-refractivity contribution in [1.82, 2.24) is 0 Å². The number of hydrogen-bond acceptors (Lipinski definition) is 2. The Labute approximate surface area is 63.2 Å². The monoisotopic (exact) mass is 175 g/mol. The first kappa shape index (κ1) is 7.89. The Hall–Kier alpha value is -0.111. The van der Waals surface area contributed by atoms with Gasteiger partial charge >= 0.3 is 0 Å². The summed E-state index contributed by atoms with van der Waals surface area (Å²) in [6, 6.07) is 5.36. The van der Waals surface area contributed by atoms with E-state index in [4.69, 9.17) is 4.42 Å². The van der Waals surface area contributed by atoms with Crippen molar-refractivity contribution in [2.75, 3.05) is 0 Å². The first-order valence-electron chi connectivity index (χ1n) is 1.93. The van der Waals surface area contributed by atoms with Gasteiger partial charge in [0.15, 0.2) is 4.71 Å². The van der Waals surface area contributed by atoms with Crippen LogP contribution in [0.4, 0.5) is 0 Å². The third kappa shape index (κ3) is 2.26. The molecule has 1 rings (SSSR count). The Balaban J connectivity index is 0.000000490. The maximum atomic E-state index is 4.74. The SMILES string of the molecule is S=c1cccco1.[Cu]. The molecule has 8 heavy (non-hydrogen) atoms. The summed E-state index contributed by atoms with van der Waals surface area (Å²) in [4.78, 5) is 0. The van der Waals surface area contributed by atoms with Gasteiger partial charge in [0.05, 0.1) is 6.26 Å². The van der Waals surface area contributed by atoms with E-state index in [2.05, 4.69) is 12.2 Å². The fraction of sp³-hybridized carbons (Fsp3) is 0. The predicted octanol–water partition coefficient (Wildman–Crippen LogP) is 2.01. The molecule has 0 spiro atoms. The minimum atomic E-state index is 0. The quantitative estimate of drug-likeness (QED) is 0.442. The maximum Gasteiger partial charge on any atom is 0.189 e. The second-order valence-corrected chi connectivity index (χ2v) is 1.53. The van der Waals surface area contributed by atoms with Crippen LogP contribution in [0.15, 0.2) is 28.9 Å². The van der Waals surface area contributed by atoms with Crippen LogP contribution in [0, 0.1) is 4.71 Å². The van der Waals surface area contributed by atoms with E-state index in [0.717, 1.165) is 0 Å². The van der Waals surface area contributed by atoms with Crippen molar-refractivity contribution >= 4 is 12.2 Å². The summed E-state index contributed by atoms with van der Waals surface area (Å²) in [5.74, 6) is 0. The molecule has 3 heteroatoms. The zero-order valence-electron chi connectivity index (χ0n) is 3.93. The third-order valence-electron chi connectivity index (χ3n) is 0.606. The average Bonchev–Trinajstić information content (AvgIpc) is 1.69. The van der Waals surface area contributed by atoms with Crippen molar-refractivity contribution in [3.05, 3.63) is 29.2 Å².